The van der Waals surface area contributed by atoms with Crippen molar-refractivity contribution in [3.8, 4) is 22.8 Å². The smallest absolute Gasteiger partial charge is 0.250 e. The van der Waals surface area contributed by atoms with Crippen LogP contribution in [0.15, 0.2) is 24.3 Å². The molecule has 5 heteroatoms. The van der Waals surface area contributed by atoms with Gasteiger partial charge in [-0.3, -0.25) is 4.79 Å². The summed E-state index contributed by atoms with van der Waals surface area (Å²) in [7, 11) is 0. The van der Waals surface area contributed by atoms with E-state index < -0.39 is 5.91 Å². The van der Waals surface area contributed by atoms with Crippen molar-refractivity contribution in [2.24, 2.45) is 5.73 Å². The van der Waals surface area contributed by atoms with Crippen LogP contribution >= 0.6 is 0 Å². The van der Waals surface area contributed by atoms with Gasteiger partial charge in [0.2, 0.25) is 0 Å². The van der Waals surface area contributed by atoms with Gasteiger partial charge in [0.15, 0.2) is 11.5 Å². The minimum Gasteiger partial charge on any atom is -0.486 e. The van der Waals surface area contributed by atoms with E-state index in [0.717, 1.165) is 28.5 Å². The van der Waals surface area contributed by atoms with Crippen LogP contribution < -0.4 is 15.2 Å². The number of carbonyl (C=O) groups excluding carboxylic acids is 1. The summed E-state index contributed by atoms with van der Waals surface area (Å²) in [4.78, 5) is 14.4. The zero-order valence-corrected chi connectivity index (χ0v) is 10.5. The molecular weight excluding hydrogens is 244 g/mol. The maximum absolute atomic E-state index is 11.3. The van der Waals surface area contributed by atoms with Crippen LogP contribution in [0.3, 0.4) is 0 Å². The number of amides is 1. The Hall–Kier alpha value is -2.43. The second kappa shape index (κ2) is 4.35. The highest BCUT2D eigenvalue weighted by atomic mass is 16.6. The number of ether oxygens (including phenoxy) is 2. The topological polar surface area (TPSA) is 77.3 Å². The van der Waals surface area contributed by atoms with Crippen LogP contribution in [0.2, 0.25) is 0 Å². The van der Waals surface area contributed by atoms with Crippen molar-refractivity contribution in [1.82, 2.24) is 4.98 Å². The number of carbonyl (C=O) groups is 1. The third kappa shape index (κ3) is 2.03. The molecule has 1 aliphatic heterocycles. The lowest BCUT2D eigenvalue weighted by molar-refractivity contribution is 0.1000. The minimum atomic E-state index is -0.433. The average molecular weight is 258 g/mol. The number of primary amides is 1. The fourth-order valence-electron chi connectivity index (χ4n) is 2.18. The summed E-state index contributed by atoms with van der Waals surface area (Å²) in [5.41, 5.74) is 8.35. The number of aryl methyl sites for hydroxylation is 1. The van der Waals surface area contributed by atoms with Crippen molar-refractivity contribution >= 4 is 5.91 Å². The fourth-order valence-corrected chi connectivity index (χ4v) is 2.18. The molecule has 0 saturated heterocycles. The molecule has 2 aromatic rings. The maximum Gasteiger partial charge on any atom is 0.250 e. The van der Waals surface area contributed by atoms with E-state index in [0.29, 0.717) is 18.8 Å². The Morgan fingerprint density at radius 3 is 2.63 bits per heavy atom. The first-order valence-corrected chi connectivity index (χ1v) is 6.04. The van der Waals surface area contributed by atoms with E-state index >= 15 is 0 Å². The van der Waals surface area contributed by atoms with Gasteiger partial charge < -0.3 is 20.2 Å². The summed E-state index contributed by atoms with van der Waals surface area (Å²) < 4.78 is 11.0. The Balaban J connectivity index is 2.02. The number of aromatic amines is 1. The molecule has 0 bridgehead atoms. The van der Waals surface area contributed by atoms with E-state index in [4.69, 9.17) is 15.2 Å². The molecule has 0 radical (unpaired) electrons. The van der Waals surface area contributed by atoms with Crippen molar-refractivity contribution in [2.45, 2.75) is 6.92 Å². The Morgan fingerprint density at radius 2 is 1.95 bits per heavy atom. The SMILES string of the molecule is Cc1[nH]c(-c2ccc3c(c2)OCCO3)cc1C(N)=O. The number of H-pyrrole nitrogens is 1. The van der Waals surface area contributed by atoms with Gasteiger partial charge >= 0.3 is 0 Å². The molecule has 1 aromatic carbocycles. The highest BCUT2D eigenvalue weighted by Gasteiger charge is 2.15. The number of nitrogens with two attached hydrogens (primary N) is 1. The molecule has 2 heterocycles. The normalized spacial score (nSPS) is 13.3. The molecule has 1 amide bonds. The molecule has 0 unspecified atom stereocenters. The zero-order chi connectivity index (χ0) is 13.4. The number of fused-ring (bicyclic) bond motifs is 1. The molecule has 1 aliphatic rings. The number of benzene rings is 1. The van der Waals surface area contributed by atoms with Crippen LogP contribution in [0.5, 0.6) is 11.5 Å². The monoisotopic (exact) mass is 258 g/mol. The van der Waals surface area contributed by atoms with Crippen molar-refractivity contribution < 1.29 is 14.3 Å². The third-order valence-electron chi connectivity index (χ3n) is 3.13. The quantitative estimate of drug-likeness (QED) is 0.863. The summed E-state index contributed by atoms with van der Waals surface area (Å²) >= 11 is 0. The standard InChI is InChI=1S/C14H14N2O3/c1-8-10(14(15)17)7-11(16-8)9-2-3-12-13(6-9)19-5-4-18-12/h2-3,6-7,16H,4-5H2,1H3,(H2,15,17). The number of rotatable bonds is 2. The van der Waals surface area contributed by atoms with E-state index in [1.807, 2.05) is 25.1 Å². The van der Waals surface area contributed by atoms with E-state index in [-0.39, 0.29) is 0 Å². The second-order valence-electron chi connectivity index (χ2n) is 4.44. The number of nitrogens with one attached hydrogen (secondary N) is 1. The highest BCUT2D eigenvalue weighted by molar-refractivity contribution is 5.95. The fraction of sp³-hybridized carbons (Fsp3) is 0.214. The van der Waals surface area contributed by atoms with Gasteiger partial charge in [0, 0.05) is 17.0 Å². The molecule has 0 atom stereocenters. The van der Waals surface area contributed by atoms with E-state index in [2.05, 4.69) is 4.98 Å². The predicted molar refractivity (Wildman–Crippen MR) is 70.5 cm³/mol. The molecule has 19 heavy (non-hydrogen) atoms. The number of hydrogen-bond acceptors (Lipinski definition) is 3. The molecule has 0 saturated carbocycles. The highest BCUT2D eigenvalue weighted by Crippen LogP contribution is 2.34. The van der Waals surface area contributed by atoms with Gasteiger partial charge in [-0.1, -0.05) is 0 Å². The van der Waals surface area contributed by atoms with Gasteiger partial charge in [-0.2, -0.15) is 0 Å². The molecule has 0 spiro atoms. The van der Waals surface area contributed by atoms with Crippen LogP contribution in [0.1, 0.15) is 16.1 Å². The zero-order valence-electron chi connectivity index (χ0n) is 10.5. The average Bonchev–Trinajstić information content (AvgIpc) is 2.80. The van der Waals surface area contributed by atoms with Gasteiger partial charge in [0.05, 0.1) is 5.56 Å². The molecule has 98 valence electrons. The molecule has 0 aliphatic carbocycles. The summed E-state index contributed by atoms with van der Waals surface area (Å²) in [6, 6.07) is 7.43. The van der Waals surface area contributed by atoms with Crippen LogP contribution in [-0.2, 0) is 0 Å². The maximum atomic E-state index is 11.3. The summed E-state index contributed by atoms with van der Waals surface area (Å²) in [5.74, 6) is 1.03. The molecule has 3 rings (SSSR count). The largest absolute Gasteiger partial charge is 0.486 e. The molecular formula is C14H14N2O3. The van der Waals surface area contributed by atoms with E-state index in [1.165, 1.54) is 0 Å². The van der Waals surface area contributed by atoms with Crippen molar-refractivity contribution in [2.75, 3.05) is 13.2 Å². The molecule has 0 fully saturated rings. The van der Waals surface area contributed by atoms with E-state index in [9.17, 15) is 4.79 Å². The summed E-state index contributed by atoms with van der Waals surface area (Å²) in [5, 5.41) is 0. The van der Waals surface area contributed by atoms with Crippen molar-refractivity contribution in [3.63, 3.8) is 0 Å². The lowest BCUT2D eigenvalue weighted by Crippen LogP contribution is -2.15. The van der Waals surface area contributed by atoms with Gasteiger partial charge in [-0.05, 0) is 31.2 Å². The molecule has 3 N–H and O–H groups in total. The van der Waals surface area contributed by atoms with Gasteiger partial charge in [-0.25, -0.2) is 0 Å². The predicted octanol–water partition coefficient (Wildman–Crippen LogP) is 1.86. The summed E-state index contributed by atoms with van der Waals surface area (Å²) in [6.45, 7) is 2.94. The van der Waals surface area contributed by atoms with Gasteiger partial charge in [0.1, 0.15) is 13.2 Å². The number of aromatic nitrogens is 1. The summed E-state index contributed by atoms with van der Waals surface area (Å²) in [6.07, 6.45) is 0. The van der Waals surface area contributed by atoms with Gasteiger partial charge in [0.25, 0.3) is 5.91 Å². The Bertz CT molecular complexity index is 646. The molecule has 5 nitrogen and oxygen atoms in total. The Morgan fingerprint density at radius 1 is 1.21 bits per heavy atom. The first-order valence-electron chi connectivity index (χ1n) is 6.04. The first-order chi connectivity index (χ1) is 9.15. The van der Waals surface area contributed by atoms with Crippen molar-refractivity contribution in [3.05, 3.63) is 35.5 Å². The number of hydrogen-bond donors (Lipinski definition) is 2. The second-order valence-corrected chi connectivity index (χ2v) is 4.44. The van der Waals surface area contributed by atoms with Crippen LogP contribution in [-0.4, -0.2) is 24.1 Å². The van der Waals surface area contributed by atoms with Crippen LogP contribution in [0.25, 0.3) is 11.3 Å². The lowest BCUT2D eigenvalue weighted by Gasteiger charge is -2.18. The lowest BCUT2D eigenvalue weighted by atomic mass is 10.1. The van der Waals surface area contributed by atoms with Gasteiger partial charge in [-0.15, -0.1) is 0 Å². The third-order valence-corrected chi connectivity index (χ3v) is 3.13. The van der Waals surface area contributed by atoms with E-state index in [1.54, 1.807) is 6.07 Å². The Kier molecular flexibility index (Phi) is 2.67. The van der Waals surface area contributed by atoms with Crippen LogP contribution in [0.4, 0.5) is 0 Å². The molecule has 1 aromatic heterocycles. The Labute approximate surface area is 110 Å². The van der Waals surface area contributed by atoms with Crippen molar-refractivity contribution in [1.29, 1.82) is 0 Å². The van der Waals surface area contributed by atoms with Crippen LogP contribution in [0, 0.1) is 6.92 Å². The minimum absolute atomic E-state index is 0.433. The first kappa shape index (κ1) is 11.6.